The molecular formula is C12H8F3NO3. The maximum Gasteiger partial charge on any atom is 0.417 e. The third kappa shape index (κ3) is 3.10. The van der Waals surface area contributed by atoms with Crippen LogP contribution < -0.4 is 0 Å². The quantitative estimate of drug-likeness (QED) is 0.626. The van der Waals surface area contributed by atoms with Crippen molar-refractivity contribution in [3.8, 4) is 6.07 Å². The van der Waals surface area contributed by atoms with Gasteiger partial charge in [0.05, 0.1) is 23.3 Å². The van der Waals surface area contributed by atoms with Gasteiger partial charge in [-0.1, -0.05) is 0 Å². The van der Waals surface area contributed by atoms with Gasteiger partial charge in [0.1, 0.15) is 6.07 Å². The van der Waals surface area contributed by atoms with E-state index in [1.165, 1.54) is 13.0 Å². The van der Waals surface area contributed by atoms with Crippen molar-refractivity contribution in [2.45, 2.75) is 13.1 Å². The second kappa shape index (κ2) is 5.52. The van der Waals surface area contributed by atoms with Crippen LogP contribution in [0.5, 0.6) is 0 Å². The molecule has 0 heterocycles. The van der Waals surface area contributed by atoms with E-state index in [9.17, 15) is 22.8 Å². The molecule has 0 aliphatic carbocycles. The van der Waals surface area contributed by atoms with Crippen molar-refractivity contribution in [2.24, 2.45) is 0 Å². The highest BCUT2D eigenvalue weighted by molar-refractivity contribution is 5.93. The second-order valence-electron chi connectivity index (χ2n) is 3.44. The lowest BCUT2D eigenvalue weighted by molar-refractivity contribution is -0.137. The molecule has 0 N–H and O–H groups in total. The fourth-order valence-electron chi connectivity index (χ4n) is 1.44. The fourth-order valence-corrected chi connectivity index (χ4v) is 1.44. The summed E-state index contributed by atoms with van der Waals surface area (Å²) in [5.41, 5.74) is -3.06. The predicted molar refractivity (Wildman–Crippen MR) is 57.5 cm³/mol. The highest BCUT2D eigenvalue weighted by Crippen LogP contribution is 2.33. The fraction of sp³-hybridized carbons (Fsp3) is 0.250. The number of nitriles is 1. The number of ether oxygens (including phenoxy) is 1. The summed E-state index contributed by atoms with van der Waals surface area (Å²) in [6, 6.07) is 2.72. The smallest absolute Gasteiger partial charge is 0.417 e. The summed E-state index contributed by atoms with van der Waals surface area (Å²) in [7, 11) is 0. The van der Waals surface area contributed by atoms with Crippen LogP contribution in [0.25, 0.3) is 0 Å². The van der Waals surface area contributed by atoms with Crippen LogP contribution in [-0.2, 0) is 10.9 Å². The van der Waals surface area contributed by atoms with E-state index in [-0.39, 0.29) is 12.9 Å². The van der Waals surface area contributed by atoms with E-state index in [2.05, 4.69) is 4.74 Å². The number of alkyl halides is 3. The van der Waals surface area contributed by atoms with Crippen molar-refractivity contribution < 1.29 is 27.5 Å². The summed E-state index contributed by atoms with van der Waals surface area (Å²) >= 11 is 0. The van der Waals surface area contributed by atoms with E-state index in [0.717, 1.165) is 6.07 Å². The first-order chi connectivity index (χ1) is 8.85. The molecule has 0 unspecified atom stereocenters. The number of rotatable bonds is 3. The molecule has 0 saturated heterocycles. The Morgan fingerprint density at radius 2 is 2.11 bits per heavy atom. The van der Waals surface area contributed by atoms with Gasteiger partial charge in [-0.15, -0.1) is 0 Å². The average molecular weight is 271 g/mol. The molecule has 1 aromatic rings. The normalized spacial score (nSPS) is 10.7. The van der Waals surface area contributed by atoms with E-state index in [1.807, 2.05) is 0 Å². The van der Waals surface area contributed by atoms with Crippen molar-refractivity contribution in [1.82, 2.24) is 0 Å². The van der Waals surface area contributed by atoms with Crippen LogP contribution in [0.2, 0.25) is 0 Å². The van der Waals surface area contributed by atoms with Gasteiger partial charge in [-0.3, -0.25) is 4.79 Å². The number of carbonyl (C=O) groups is 2. The number of nitrogens with zero attached hydrogens (tertiary/aromatic N) is 1. The number of benzene rings is 1. The molecular weight excluding hydrogens is 263 g/mol. The molecule has 19 heavy (non-hydrogen) atoms. The molecule has 7 heteroatoms. The van der Waals surface area contributed by atoms with Crippen molar-refractivity contribution in [3.63, 3.8) is 0 Å². The minimum atomic E-state index is -4.84. The zero-order valence-corrected chi connectivity index (χ0v) is 9.75. The molecule has 0 aliphatic rings. The Kier molecular flexibility index (Phi) is 4.27. The maximum absolute atomic E-state index is 12.8. The van der Waals surface area contributed by atoms with Crippen LogP contribution >= 0.6 is 0 Å². The lowest BCUT2D eigenvalue weighted by Gasteiger charge is -2.12. The minimum absolute atomic E-state index is 0.0173. The SMILES string of the molecule is CCOC(=O)c1cc(C=O)c(C#N)c(C(F)(F)F)c1. The Labute approximate surface area is 106 Å². The number of hydrogen-bond donors (Lipinski definition) is 0. The van der Waals surface area contributed by atoms with Crippen LogP contribution in [0.15, 0.2) is 12.1 Å². The molecule has 0 fully saturated rings. The van der Waals surface area contributed by atoms with Gasteiger partial charge in [-0.05, 0) is 19.1 Å². The van der Waals surface area contributed by atoms with Gasteiger partial charge in [0.2, 0.25) is 0 Å². The number of aldehydes is 1. The highest BCUT2D eigenvalue weighted by Gasteiger charge is 2.35. The van der Waals surface area contributed by atoms with E-state index >= 15 is 0 Å². The lowest BCUT2D eigenvalue weighted by Crippen LogP contribution is -2.14. The van der Waals surface area contributed by atoms with Gasteiger partial charge in [0.25, 0.3) is 0 Å². The zero-order chi connectivity index (χ0) is 14.6. The first-order valence-corrected chi connectivity index (χ1v) is 5.12. The van der Waals surface area contributed by atoms with Gasteiger partial charge >= 0.3 is 12.1 Å². The molecule has 0 radical (unpaired) electrons. The molecule has 0 atom stereocenters. The van der Waals surface area contributed by atoms with Gasteiger partial charge in [0.15, 0.2) is 6.29 Å². The summed E-state index contributed by atoms with van der Waals surface area (Å²) in [5, 5.41) is 8.70. The third-order valence-corrected chi connectivity index (χ3v) is 2.22. The molecule has 0 saturated carbocycles. The highest BCUT2D eigenvalue weighted by atomic mass is 19.4. The Morgan fingerprint density at radius 1 is 1.47 bits per heavy atom. The summed E-state index contributed by atoms with van der Waals surface area (Å²) < 4.78 is 42.8. The number of carbonyl (C=O) groups excluding carboxylic acids is 2. The van der Waals surface area contributed by atoms with Crippen molar-refractivity contribution >= 4 is 12.3 Å². The van der Waals surface area contributed by atoms with E-state index in [0.29, 0.717) is 6.07 Å². The Morgan fingerprint density at radius 3 is 2.53 bits per heavy atom. The number of esters is 1. The summed E-state index contributed by atoms with van der Waals surface area (Å²) in [5.74, 6) is -0.986. The standard InChI is InChI=1S/C12H8F3NO3/c1-2-19-11(18)7-3-8(6-17)9(5-16)10(4-7)12(13,14)15/h3-4,6H,2H2,1H3. The summed E-state index contributed by atoms with van der Waals surface area (Å²) in [6.07, 6.45) is -4.75. The topological polar surface area (TPSA) is 67.2 Å². The van der Waals surface area contributed by atoms with Crippen LogP contribution in [0.3, 0.4) is 0 Å². The third-order valence-electron chi connectivity index (χ3n) is 2.22. The van der Waals surface area contributed by atoms with E-state index in [1.54, 1.807) is 0 Å². The first-order valence-electron chi connectivity index (χ1n) is 5.12. The molecule has 0 aliphatic heterocycles. The number of hydrogen-bond acceptors (Lipinski definition) is 4. The molecule has 0 aromatic heterocycles. The molecule has 0 amide bonds. The van der Waals surface area contributed by atoms with Crippen LogP contribution in [-0.4, -0.2) is 18.9 Å². The minimum Gasteiger partial charge on any atom is -0.462 e. The van der Waals surface area contributed by atoms with Gasteiger partial charge in [0, 0.05) is 5.56 Å². The van der Waals surface area contributed by atoms with Crippen molar-refractivity contribution in [1.29, 1.82) is 5.26 Å². The largest absolute Gasteiger partial charge is 0.462 e. The van der Waals surface area contributed by atoms with Gasteiger partial charge in [-0.25, -0.2) is 4.79 Å². The zero-order valence-electron chi connectivity index (χ0n) is 9.75. The van der Waals surface area contributed by atoms with E-state index < -0.39 is 34.4 Å². The predicted octanol–water partition coefficient (Wildman–Crippen LogP) is 2.57. The second-order valence-corrected chi connectivity index (χ2v) is 3.44. The maximum atomic E-state index is 12.8. The molecule has 0 spiro atoms. The first kappa shape index (κ1) is 14.7. The summed E-state index contributed by atoms with van der Waals surface area (Å²) in [6.45, 7) is 1.48. The van der Waals surface area contributed by atoms with Crippen molar-refractivity contribution in [3.05, 3.63) is 34.4 Å². The van der Waals surface area contributed by atoms with Gasteiger partial charge < -0.3 is 4.74 Å². The average Bonchev–Trinajstić information content (AvgIpc) is 2.36. The molecule has 0 bridgehead atoms. The van der Waals surface area contributed by atoms with Crippen molar-refractivity contribution in [2.75, 3.05) is 6.61 Å². The Bertz CT molecular complexity index is 559. The van der Waals surface area contributed by atoms with Crippen LogP contribution in [0.1, 0.15) is 38.8 Å². The van der Waals surface area contributed by atoms with Crippen LogP contribution in [0, 0.1) is 11.3 Å². The molecule has 100 valence electrons. The molecule has 1 aromatic carbocycles. The summed E-state index contributed by atoms with van der Waals surface area (Å²) in [4.78, 5) is 22.1. The number of halogens is 3. The molecule has 1 rings (SSSR count). The Balaban J connectivity index is 3.53. The van der Waals surface area contributed by atoms with Gasteiger partial charge in [-0.2, -0.15) is 18.4 Å². The van der Waals surface area contributed by atoms with Crippen LogP contribution in [0.4, 0.5) is 13.2 Å². The monoisotopic (exact) mass is 271 g/mol. The molecule has 4 nitrogen and oxygen atoms in total. The lowest BCUT2D eigenvalue weighted by atomic mass is 9.98. The van der Waals surface area contributed by atoms with E-state index in [4.69, 9.17) is 5.26 Å². The Hall–Kier alpha value is -2.36.